The zero-order valence-corrected chi connectivity index (χ0v) is 19.7. The van der Waals surface area contributed by atoms with Crippen molar-refractivity contribution in [2.45, 2.75) is 33.5 Å². The topological polar surface area (TPSA) is 76.2 Å². The summed E-state index contributed by atoms with van der Waals surface area (Å²) < 4.78 is 11.5. The van der Waals surface area contributed by atoms with Crippen LogP contribution < -0.4 is 4.74 Å². The van der Waals surface area contributed by atoms with Gasteiger partial charge in [-0.2, -0.15) is 0 Å². The first-order valence-electron chi connectivity index (χ1n) is 11.2. The molecule has 2 amide bonds. The Morgan fingerprint density at radius 3 is 2.45 bits per heavy atom. The molecular weight excluding hydrogens is 420 g/mol. The number of ether oxygens (including phenoxy) is 2. The fourth-order valence-electron chi connectivity index (χ4n) is 3.98. The molecule has 1 heterocycles. The second-order valence-corrected chi connectivity index (χ2v) is 8.76. The summed E-state index contributed by atoms with van der Waals surface area (Å²) in [7, 11) is 1.61. The molecule has 2 aromatic rings. The molecule has 0 aliphatic carbocycles. The number of amides is 2. The van der Waals surface area contributed by atoms with E-state index in [-0.39, 0.29) is 42.7 Å². The minimum Gasteiger partial charge on any atom is -0.497 e. The largest absolute Gasteiger partial charge is 0.497 e. The van der Waals surface area contributed by atoms with Gasteiger partial charge in [-0.15, -0.1) is 0 Å². The summed E-state index contributed by atoms with van der Waals surface area (Å²) in [6, 6.07) is 14.3. The van der Waals surface area contributed by atoms with Crippen LogP contribution in [0.25, 0.3) is 0 Å². The van der Waals surface area contributed by atoms with Crippen molar-refractivity contribution in [3.63, 3.8) is 0 Å². The average Bonchev–Trinajstić information content (AvgIpc) is 2.95. The van der Waals surface area contributed by atoms with Crippen molar-refractivity contribution in [2.24, 2.45) is 5.92 Å². The lowest BCUT2D eigenvalue weighted by molar-refractivity contribution is -0.132. The van der Waals surface area contributed by atoms with Gasteiger partial charge in [0.25, 0.3) is 5.91 Å². The van der Waals surface area contributed by atoms with Gasteiger partial charge < -0.3 is 19.3 Å². The Hall–Kier alpha value is -3.19. The fraction of sp³-hybridized carbons (Fsp3) is 0.423. The summed E-state index contributed by atoms with van der Waals surface area (Å²) in [5, 5.41) is 0. The van der Waals surface area contributed by atoms with Crippen LogP contribution in [0.5, 0.6) is 5.75 Å². The summed E-state index contributed by atoms with van der Waals surface area (Å²) in [6.45, 7) is 7.07. The molecule has 1 aliphatic heterocycles. The minimum atomic E-state index is -0.366. The molecule has 0 saturated carbocycles. The van der Waals surface area contributed by atoms with Crippen LogP contribution in [0.1, 0.15) is 47.1 Å². The molecule has 0 spiro atoms. The van der Waals surface area contributed by atoms with Crippen LogP contribution >= 0.6 is 0 Å². The third-order valence-electron chi connectivity index (χ3n) is 5.56. The standard InChI is InChI=1S/C26H32N2O5/c1-18(2)13-27-14-22(33-17-20-8-7-9-21(12-20)32-4)15-28(16-25(27)30)26(31)24-11-6-5-10-23(24)19(3)29/h5-12,18,22H,13-17H2,1-4H3. The third kappa shape index (κ3) is 6.42. The first kappa shape index (κ1) is 24.5. The number of carbonyl (C=O) groups is 3. The van der Waals surface area contributed by atoms with E-state index in [1.807, 2.05) is 24.3 Å². The Morgan fingerprint density at radius 1 is 1.06 bits per heavy atom. The lowest BCUT2D eigenvalue weighted by Crippen LogP contribution is -2.40. The SMILES string of the molecule is COc1cccc(COC2CN(CC(C)C)C(=O)CN(C(=O)c3ccccc3C(C)=O)C2)c1. The van der Waals surface area contributed by atoms with Crippen molar-refractivity contribution in [1.29, 1.82) is 0 Å². The van der Waals surface area contributed by atoms with E-state index in [4.69, 9.17) is 9.47 Å². The molecule has 1 atom stereocenters. The maximum atomic E-state index is 13.4. The lowest BCUT2D eigenvalue weighted by Gasteiger charge is -2.26. The third-order valence-corrected chi connectivity index (χ3v) is 5.56. The molecule has 3 rings (SSSR count). The highest BCUT2D eigenvalue weighted by Crippen LogP contribution is 2.19. The highest BCUT2D eigenvalue weighted by Gasteiger charge is 2.32. The molecule has 2 aromatic carbocycles. The zero-order valence-electron chi connectivity index (χ0n) is 19.7. The monoisotopic (exact) mass is 452 g/mol. The minimum absolute atomic E-state index is 0.0448. The molecule has 1 fully saturated rings. The summed E-state index contributed by atoms with van der Waals surface area (Å²) in [4.78, 5) is 41.7. The van der Waals surface area contributed by atoms with E-state index in [2.05, 4.69) is 13.8 Å². The molecule has 0 bridgehead atoms. The van der Waals surface area contributed by atoms with Crippen LogP contribution in [-0.2, 0) is 16.1 Å². The van der Waals surface area contributed by atoms with Crippen molar-refractivity contribution >= 4 is 17.6 Å². The molecule has 1 saturated heterocycles. The average molecular weight is 453 g/mol. The van der Waals surface area contributed by atoms with E-state index in [9.17, 15) is 14.4 Å². The van der Waals surface area contributed by atoms with Gasteiger partial charge in [0.1, 0.15) is 12.3 Å². The van der Waals surface area contributed by atoms with Gasteiger partial charge in [0.2, 0.25) is 5.91 Å². The van der Waals surface area contributed by atoms with E-state index in [1.54, 1.807) is 36.3 Å². The maximum absolute atomic E-state index is 13.4. The second kappa shape index (κ2) is 11.1. The number of Topliss-reactive ketones (excluding diaryl/α,β-unsaturated/α-hetero) is 1. The van der Waals surface area contributed by atoms with Gasteiger partial charge in [-0.05, 0) is 36.6 Å². The first-order valence-corrected chi connectivity index (χ1v) is 11.2. The summed E-state index contributed by atoms with van der Waals surface area (Å²) in [5.74, 6) is 0.382. The molecule has 33 heavy (non-hydrogen) atoms. The van der Waals surface area contributed by atoms with Crippen LogP contribution in [-0.4, -0.2) is 66.8 Å². The van der Waals surface area contributed by atoms with E-state index < -0.39 is 0 Å². The molecule has 0 radical (unpaired) electrons. The van der Waals surface area contributed by atoms with Crippen molar-refractivity contribution in [2.75, 3.05) is 33.3 Å². The smallest absolute Gasteiger partial charge is 0.255 e. The number of methoxy groups -OCH3 is 1. The quantitative estimate of drug-likeness (QED) is 0.574. The van der Waals surface area contributed by atoms with Gasteiger partial charge in [0.15, 0.2) is 5.78 Å². The van der Waals surface area contributed by atoms with Crippen LogP contribution in [0.15, 0.2) is 48.5 Å². The van der Waals surface area contributed by atoms with E-state index in [1.165, 1.54) is 11.8 Å². The number of hydrogen-bond acceptors (Lipinski definition) is 5. The fourth-order valence-corrected chi connectivity index (χ4v) is 3.98. The number of hydrogen-bond donors (Lipinski definition) is 0. The Kier molecular flexibility index (Phi) is 8.22. The van der Waals surface area contributed by atoms with Gasteiger partial charge in [0.05, 0.1) is 25.4 Å². The van der Waals surface area contributed by atoms with Crippen LogP contribution in [0.4, 0.5) is 0 Å². The molecule has 1 unspecified atom stereocenters. The predicted octanol–water partition coefficient (Wildman–Crippen LogP) is 3.42. The molecule has 0 aromatic heterocycles. The summed E-state index contributed by atoms with van der Waals surface area (Å²) in [5.41, 5.74) is 1.61. The molecule has 7 nitrogen and oxygen atoms in total. The van der Waals surface area contributed by atoms with E-state index in [0.29, 0.717) is 30.8 Å². The van der Waals surface area contributed by atoms with Crippen LogP contribution in [0, 0.1) is 5.92 Å². The highest BCUT2D eigenvalue weighted by molar-refractivity contribution is 6.07. The molecular formula is C26H32N2O5. The Morgan fingerprint density at radius 2 is 1.79 bits per heavy atom. The molecule has 0 N–H and O–H groups in total. The number of nitrogens with zero attached hydrogens (tertiary/aromatic N) is 2. The maximum Gasteiger partial charge on any atom is 0.255 e. The Bertz CT molecular complexity index is 1000. The van der Waals surface area contributed by atoms with Crippen LogP contribution in [0.3, 0.4) is 0 Å². The van der Waals surface area contributed by atoms with Gasteiger partial charge >= 0.3 is 0 Å². The lowest BCUT2D eigenvalue weighted by atomic mass is 10.0. The van der Waals surface area contributed by atoms with E-state index in [0.717, 1.165) is 11.3 Å². The normalized spacial score (nSPS) is 16.6. The van der Waals surface area contributed by atoms with Crippen LogP contribution in [0.2, 0.25) is 0 Å². The van der Waals surface area contributed by atoms with Crippen molar-refractivity contribution < 1.29 is 23.9 Å². The second-order valence-electron chi connectivity index (χ2n) is 8.76. The Labute approximate surface area is 195 Å². The van der Waals surface area contributed by atoms with E-state index >= 15 is 0 Å². The van der Waals surface area contributed by atoms with Crippen molar-refractivity contribution in [3.05, 3.63) is 65.2 Å². The van der Waals surface area contributed by atoms with Gasteiger partial charge in [0, 0.05) is 25.2 Å². The van der Waals surface area contributed by atoms with Gasteiger partial charge in [-0.3, -0.25) is 14.4 Å². The molecule has 176 valence electrons. The highest BCUT2D eigenvalue weighted by atomic mass is 16.5. The summed E-state index contributed by atoms with van der Waals surface area (Å²) >= 11 is 0. The van der Waals surface area contributed by atoms with Crippen molar-refractivity contribution in [1.82, 2.24) is 9.80 Å². The van der Waals surface area contributed by atoms with Crippen molar-refractivity contribution in [3.8, 4) is 5.75 Å². The Balaban J connectivity index is 1.83. The summed E-state index contributed by atoms with van der Waals surface area (Å²) in [6.07, 6.45) is -0.366. The number of ketones is 1. The van der Waals surface area contributed by atoms with Gasteiger partial charge in [-0.1, -0.05) is 44.2 Å². The number of carbonyl (C=O) groups excluding carboxylic acids is 3. The zero-order chi connectivity index (χ0) is 24.0. The predicted molar refractivity (Wildman–Crippen MR) is 125 cm³/mol. The molecule has 7 heteroatoms. The number of benzene rings is 2. The van der Waals surface area contributed by atoms with Gasteiger partial charge in [-0.25, -0.2) is 0 Å². The molecule has 1 aliphatic rings. The number of rotatable bonds is 8. The first-order chi connectivity index (χ1) is 15.8.